The predicted octanol–water partition coefficient (Wildman–Crippen LogP) is 5.52. The number of aliphatic imine (C=N–C) groups is 2. The lowest BCUT2D eigenvalue weighted by molar-refractivity contribution is -0.369. The van der Waals surface area contributed by atoms with E-state index in [0.29, 0.717) is 45.3 Å². The van der Waals surface area contributed by atoms with Crippen molar-refractivity contribution in [3.05, 3.63) is 120 Å². The first-order valence-corrected chi connectivity index (χ1v) is 18.5. The van der Waals surface area contributed by atoms with Crippen LogP contribution in [0.15, 0.2) is 117 Å². The SMILES string of the molecule is Cc1nn(-c2ccc(S(=O)(=O)O)cc2)c2c1C=Nc1ccccc1OC1(Oc3ccccc3N=Cc3c(C)nn(-c4ccc(S(=O)(=O)O)cc4)c3O1)O2. The first-order valence-electron chi connectivity index (χ1n) is 15.7. The van der Waals surface area contributed by atoms with Crippen LogP contribution in [0.2, 0.25) is 0 Å². The quantitative estimate of drug-likeness (QED) is 0.213. The zero-order valence-corrected chi connectivity index (χ0v) is 29.2. The molecule has 0 saturated carbocycles. The standard InChI is InChI=1S/C35H26N6O10S2/c1-21-27-19-36-29-7-3-5-9-31(29)48-35(50-33(27)40(38-21)23-11-15-25(16-12-23)52(42,43)44)49-32-10-6-4-8-30(32)37-20-28-22(2)39-41(34(28)51-35)24-13-17-26(18-14-24)53(45,46)47/h3-20H,1-2H3,(H,42,43,44)(H,45,46,47). The minimum atomic E-state index is -4.49. The second-order valence-corrected chi connectivity index (χ2v) is 14.6. The van der Waals surface area contributed by atoms with Gasteiger partial charge in [0.1, 0.15) is 11.4 Å². The van der Waals surface area contributed by atoms with Crippen LogP contribution in [-0.4, -0.2) is 64.1 Å². The smallest absolute Gasteiger partial charge is 0.384 e. The minimum Gasteiger partial charge on any atom is -0.384 e. The van der Waals surface area contributed by atoms with Gasteiger partial charge in [-0.05, 0) is 86.6 Å². The number of hydrogen-bond acceptors (Lipinski definition) is 12. The van der Waals surface area contributed by atoms with E-state index in [1.54, 1.807) is 62.4 Å². The van der Waals surface area contributed by atoms with E-state index >= 15 is 0 Å². The molecule has 0 aliphatic carbocycles. The molecule has 1 spiro atoms. The van der Waals surface area contributed by atoms with Gasteiger partial charge >= 0.3 is 6.16 Å². The molecule has 0 fully saturated rings. The summed E-state index contributed by atoms with van der Waals surface area (Å²) in [6, 6.07) is 24.2. The summed E-state index contributed by atoms with van der Waals surface area (Å²) >= 11 is 0. The molecule has 268 valence electrons. The minimum absolute atomic E-state index is 0.00171. The number of nitrogens with zero attached hydrogens (tertiary/aromatic N) is 6. The molecule has 0 bridgehead atoms. The molecule has 2 aromatic heterocycles. The van der Waals surface area contributed by atoms with Crippen molar-refractivity contribution >= 4 is 44.0 Å². The molecule has 2 aliphatic heterocycles. The Hall–Kier alpha value is -6.34. The number of aromatic nitrogens is 4. The average Bonchev–Trinajstić information content (AvgIpc) is 3.63. The Morgan fingerprint density at radius 2 is 0.925 bits per heavy atom. The molecule has 0 unspecified atom stereocenters. The van der Waals surface area contributed by atoms with Gasteiger partial charge in [-0.3, -0.25) is 19.1 Å². The molecule has 6 aromatic rings. The van der Waals surface area contributed by atoms with E-state index in [0.717, 1.165) is 0 Å². The molecule has 0 atom stereocenters. The highest BCUT2D eigenvalue weighted by Crippen LogP contribution is 2.42. The van der Waals surface area contributed by atoms with Gasteiger partial charge in [0.15, 0.2) is 11.5 Å². The number of aryl methyl sites for hydroxylation is 2. The zero-order chi connectivity index (χ0) is 37.1. The highest BCUT2D eigenvalue weighted by Gasteiger charge is 2.49. The molecular weight excluding hydrogens is 729 g/mol. The van der Waals surface area contributed by atoms with Crippen molar-refractivity contribution in [2.45, 2.75) is 29.8 Å². The maximum absolute atomic E-state index is 11.8. The van der Waals surface area contributed by atoms with Crippen LogP contribution in [0.1, 0.15) is 22.5 Å². The third-order valence-corrected chi connectivity index (χ3v) is 9.93. The van der Waals surface area contributed by atoms with Crippen LogP contribution in [0.5, 0.6) is 23.3 Å². The van der Waals surface area contributed by atoms with Crippen molar-refractivity contribution in [2.75, 3.05) is 0 Å². The highest BCUT2D eigenvalue weighted by molar-refractivity contribution is 7.86. The Kier molecular flexibility index (Phi) is 7.91. The molecule has 2 N–H and O–H groups in total. The number of rotatable bonds is 4. The second-order valence-electron chi connectivity index (χ2n) is 11.7. The molecule has 4 heterocycles. The molecule has 4 aromatic carbocycles. The van der Waals surface area contributed by atoms with Crippen LogP contribution in [0.4, 0.5) is 11.4 Å². The molecular formula is C35H26N6O10S2. The lowest BCUT2D eigenvalue weighted by atomic mass is 10.2. The maximum Gasteiger partial charge on any atom is 0.613 e. The van der Waals surface area contributed by atoms with Crippen LogP contribution in [0, 0.1) is 13.8 Å². The van der Waals surface area contributed by atoms with Crippen molar-refractivity contribution in [2.24, 2.45) is 9.98 Å². The molecule has 2 aliphatic rings. The van der Waals surface area contributed by atoms with E-state index in [1.165, 1.54) is 70.3 Å². The van der Waals surface area contributed by atoms with E-state index in [4.69, 9.17) is 18.9 Å². The summed E-state index contributed by atoms with van der Waals surface area (Å²) in [6.07, 6.45) is 0.504. The number of hydrogen-bond donors (Lipinski definition) is 2. The topological polar surface area (TPSA) is 206 Å². The number of fused-ring (bicyclic) bond motifs is 4. The molecule has 8 rings (SSSR count). The molecule has 0 saturated heterocycles. The first-order chi connectivity index (χ1) is 25.3. The number of para-hydroxylation sites is 4. The largest absolute Gasteiger partial charge is 0.613 e. The van der Waals surface area contributed by atoms with E-state index in [9.17, 15) is 25.9 Å². The Balaban J connectivity index is 1.37. The predicted molar refractivity (Wildman–Crippen MR) is 189 cm³/mol. The molecule has 0 amide bonds. The van der Waals surface area contributed by atoms with Gasteiger partial charge in [0.2, 0.25) is 11.8 Å². The van der Waals surface area contributed by atoms with Crippen molar-refractivity contribution in [3.63, 3.8) is 0 Å². The molecule has 0 radical (unpaired) electrons. The Morgan fingerprint density at radius 1 is 0.547 bits per heavy atom. The monoisotopic (exact) mass is 754 g/mol. The third kappa shape index (κ3) is 6.29. The van der Waals surface area contributed by atoms with E-state index in [2.05, 4.69) is 20.2 Å². The van der Waals surface area contributed by atoms with E-state index in [-0.39, 0.29) is 33.0 Å². The van der Waals surface area contributed by atoms with Crippen LogP contribution >= 0.6 is 0 Å². The normalized spacial score (nSPS) is 16.4. The highest BCUT2D eigenvalue weighted by atomic mass is 32.2. The van der Waals surface area contributed by atoms with Crippen LogP contribution in [0.25, 0.3) is 11.4 Å². The van der Waals surface area contributed by atoms with Gasteiger partial charge in [0.25, 0.3) is 20.2 Å². The van der Waals surface area contributed by atoms with Gasteiger partial charge in [-0.2, -0.15) is 36.4 Å². The van der Waals surface area contributed by atoms with Gasteiger partial charge in [0, 0.05) is 12.4 Å². The van der Waals surface area contributed by atoms with E-state index in [1.807, 2.05) is 0 Å². The van der Waals surface area contributed by atoms with Crippen LogP contribution in [0.3, 0.4) is 0 Å². The first kappa shape index (κ1) is 33.8. The zero-order valence-electron chi connectivity index (χ0n) is 27.6. The summed E-state index contributed by atoms with van der Waals surface area (Å²) in [6.45, 7) is 3.44. The van der Waals surface area contributed by atoms with Crippen molar-refractivity contribution in [1.82, 2.24) is 19.6 Å². The Bertz CT molecular complexity index is 2520. The summed E-state index contributed by atoms with van der Waals surface area (Å²) < 4.78 is 95.8. The van der Waals surface area contributed by atoms with Gasteiger partial charge in [-0.25, -0.2) is 0 Å². The summed E-state index contributed by atoms with van der Waals surface area (Å²) in [5.74, 6) is 0.363. The fourth-order valence-electron chi connectivity index (χ4n) is 5.60. The fraction of sp³-hybridized carbons (Fsp3) is 0.0857. The van der Waals surface area contributed by atoms with Gasteiger partial charge < -0.3 is 18.9 Å². The number of ether oxygens (including phenoxy) is 4. The van der Waals surface area contributed by atoms with Gasteiger partial charge in [-0.1, -0.05) is 24.3 Å². The lowest BCUT2D eigenvalue weighted by Gasteiger charge is -2.32. The lowest BCUT2D eigenvalue weighted by Crippen LogP contribution is -2.54. The summed E-state index contributed by atoms with van der Waals surface area (Å²) in [4.78, 5) is 8.67. The summed E-state index contributed by atoms with van der Waals surface area (Å²) in [7, 11) is -8.98. The van der Waals surface area contributed by atoms with Crippen molar-refractivity contribution < 1.29 is 44.9 Å². The third-order valence-electron chi connectivity index (χ3n) is 8.19. The van der Waals surface area contributed by atoms with Gasteiger partial charge in [-0.15, -0.1) is 0 Å². The summed E-state index contributed by atoms with van der Waals surface area (Å²) in [5, 5.41) is 9.32. The number of benzene rings is 4. The molecule has 16 nitrogen and oxygen atoms in total. The van der Waals surface area contributed by atoms with Crippen LogP contribution in [-0.2, 0) is 20.2 Å². The molecule has 53 heavy (non-hydrogen) atoms. The Morgan fingerprint density at radius 3 is 1.30 bits per heavy atom. The second kappa shape index (κ2) is 12.4. The van der Waals surface area contributed by atoms with E-state index < -0.39 is 26.4 Å². The van der Waals surface area contributed by atoms with Crippen molar-refractivity contribution in [1.29, 1.82) is 0 Å². The average molecular weight is 755 g/mol. The maximum atomic E-state index is 11.8. The van der Waals surface area contributed by atoms with Crippen molar-refractivity contribution in [3.8, 4) is 34.6 Å². The van der Waals surface area contributed by atoms with Gasteiger partial charge in [0.05, 0.1) is 43.7 Å². The Labute approximate surface area is 301 Å². The van der Waals surface area contributed by atoms with Crippen LogP contribution < -0.4 is 18.9 Å². The summed E-state index contributed by atoms with van der Waals surface area (Å²) in [5.41, 5.74) is 3.06. The molecule has 18 heteroatoms. The fourth-order valence-corrected chi connectivity index (χ4v) is 6.56.